The van der Waals surface area contributed by atoms with Crippen molar-refractivity contribution in [2.75, 3.05) is 11.9 Å². The Morgan fingerprint density at radius 3 is 2.69 bits per heavy atom. The zero-order valence-electron chi connectivity index (χ0n) is 9.78. The lowest BCUT2D eigenvalue weighted by atomic mass is 10.1. The van der Waals surface area contributed by atoms with Gasteiger partial charge in [-0.3, -0.25) is 0 Å². The van der Waals surface area contributed by atoms with E-state index in [4.69, 9.17) is 16.7 Å². The van der Waals surface area contributed by atoms with Gasteiger partial charge in [-0.2, -0.15) is 0 Å². The first-order chi connectivity index (χ1) is 7.63. The van der Waals surface area contributed by atoms with Crippen LogP contribution < -0.4 is 4.90 Å². The normalized spacial score (nSPS) is 17.2. The summed E-state index contributed by atoms with van der Waals surface area (Å²) in [5.74, 6) is 0.818. The zero-order valence-corrected chi connectivity index (χ0v) is 10.5. The van der Waals surface area contributed by atoms with Crippen molar-refractivity contribution in [3.05, 3.63) is 28.8 Å². The molecule has 0 saturated heterocycles. The summed E-state index contributed by atoms with van der Waals surface area (Å²) in [4.78, 5) is 2.24. The van der Waals surface area contributed by atoms with Crippen molar-refractivity contribution in [2.24, 2.45) is 5.92 Å². The van der Waals surface area contributed by atoms with E-state index in [0.717, 1.165) is 22.2 Å². The highest BCUT2D eigenvalue weighted by molar-refractivity contribution is 6.33. The van der Waals surface area contributed by atoms with Crippen LogP contribution in [-0.2, 0) is 6.61 Å². The third-order valence-electron chi connectivity index (χ3n) is 3.49. The largest absolute Gasteiger partial charge is 0.392 e. The SMILES string of the molecule is CC(C1CC1)N(C)c1ccc(CO)cc1Cl. The van der Waals surface area contributed by atoms with E-state index >= 15 is 0 Å². The number of hydrogen-bond acceptors (Lipinski definition) is 2. The van der Waals surface area contributed by atoms with Crippen molar-refractivity contribution >= 4 is 17.3 Å². The molecule has 0 bridgehead atoms. The Labute approximate surface area is 102 Å². The van der Waals surface area contributed by atoms with Crippen molar-refractivity contribution in [3.8, 4) is 0 Å². The van der Waals surface area contributed by atoms with Crippen LogP contribution in [0.4, 0.5) is 5.69 Å². The Bertz CT molecular complexity index is 376. The van der Waals surface area contributed by atoms with Crippen LogP contribution in [0.3, 0.4) is 0 Å². The van der Waals surface area contributed by atoms with E-state index in [0.29, 0.717) is 6.04 Å². The first-order valence-corrected chi connectivity index (χ1v) is 6.13. The molecule has 1 aliphatic carbocycles. The fourth-order valence-electron chi connectivity index (χ4n) is 2.05. The molecule has 88 valence electrons. The van der Waals surface area contributed by atoms with E-state index in [9.17, 15) is 0 Å². The first kappa shape index (κ1) is 11.7. The van der Waals surface area contributed by atoms with Crippen LogP contribution in [0.2, 0.25) is 5.02 Å². The maximum atomic E-state index is 9.03. The van der Waals surface area contributed by atoms with Crippen molar-refractivity contribution < 1.29 is 5.11 Å². The van der Waals surface area contributed by atoms with Gasteiger partial charge in [0.15, 0.2) is 0 Å². The predicted octanol–water partition coefficient (Wildman–Crippen LogP) is 3.07. The van der Waals surface area contributed by atoms with Gasteiger partial charge >= 0.3 is 0 Å². The lowest BCUT2D eigenvalue weighted by molar-refractivity contribution is 0.282. The second kappa shape index (κ2) is 4.64. The molecule has 16 heavy (non-hydrogen) atoms. The standard InChI is InChI=1S/C13H18ClNO/c1-9(11-4-5-11)15(2)13-6-3-10(8-16)7-12(13)14/h3,6-7,9,11,16H,4-5,8H2,1-2H3. The van der Waals surface area contributed by atoms with Gasteiger partial charge < -0.3 is 10.0 Å². The number of halogens is 1. The predicted molar refractivity (Wildman–Crippen MR) is 68.0 cm³/mol. The van der Waals surface area contributed by atoms with E-state index < -0.39 is 0 Å². The molecule has 1 saturated carbocycles. The fourth-order valence-corrected chi connectivity index (χ4v) is 2.39. The number of aliphatic hydroxyl groups is 1. The Morgan fingerprint density at radius 1 is 1.50 bits per heavy atom. The molecule has 1 atom stereocenters. The van der Waals surface area contributed by atoms with E-state index in [1.807, 2.05) is 18.2 Å². The average Bonchev–Trinajstić information content (AvgIpc) is 3.10. The quantitative estimate of drug-likeness (QED) is 0.873. The van der Waals surface area contributed by atoms with Crippen molar-refractivity contribution in [3.63, 3.8) is 0 Å². The molecule has 1 aliphatic rings. The van der Waals surface area contributed by atoms with Gasteiger partial charge in [-0.1, -0.05) is 17.7 Å². The van der Waals surface area contributed by atoms with Crippen molar-refractivity contribution in [1.82, 2.24) is 0 Å². The molecule has 0 aromatic heterocycles. The second-order valence-electron chi connectivity index (χ2n) is 4.63. The van der Waals surface area contributed by atoms with Gasteiger partial charge in [-0.25, -0.2) is 0 Å². The number of rotatable bonds is 4. The molecule has 1 unspecified atom stereocenters. The summed E-state index contributed by atoms with van der Waals surface area (Å²) in [7, 11) is 2.09. The van der Waals surface area contributed by atoms with E-state index in [1.54, 1.807) is 0 Å². The minimum Gasteiger partial charge on any atom is -0.392 e. The summed E-state index contributed by atoms with van der Waals surface area (Å²) in [6.45, 7) is 2.29. The summed E-state index contributed by atoms with van der Waals surface area (Å²) in [5, 5.41) is 9.75. The molecular formula is C13H18ClNO. The third kappa shape index (κ3) is 2.33. The Hall–Kier alpha value is -0.730. The minimum absolute atomic E-state index is 0.0435. The number of hydrogen-bond donors (Lipinski definition) is 1. The maximum absolute atomic E-state index is 9.03. The van der Waals surface area contributed by atoms with Crippen molar-refractivity contribution in [1.29, 1.82) is 0 Å². The van der Waals surface area contributed by atoms with Gasteiger partial charge in [-0.15, -0.1) is 0 Å². The first-order valence-electron chi connectivity index (χ1n) is 5.75. The summed E-state index contributed by atoms with van der Waals surface area (Å²) < 4.78 is 0. The molecule has 0 aliphatic heterocycles. The van der Waals surface area contributed by atoms with Crippen LogP contribution in [0.1, 0.15) is 25.3 Å². The van der Waals surface area contributed by atoms with Crippen molar-refractivity contribution in [2.45, 2.75) is 32.4 Å². The molecule has 0 amide bonds. The highest BCUT2D eigenvalue weighted by Gasteiger charge is 2.31. The maximum Gasteiger partial charge on any atom is 0.0682 e. The van der Waals surface area contributed by atoms with Crippen LogP contribution in [0.25, 0.3) is 0 Å². The highest BCUT2D eigenvalue weighted by atomic mass is 35.5. The number of nitrogens with zero attached hydrogens (tertiary/aromatic N) is 1. The van der Waals surface area contributed by atoms with Crippen LogP contribution in [0.15, 0.2) is 18.2 Å². The molecule has 1 fully saturated rings. The monoisotopic (exact) mass is 239 g/mol. The lowest BCUT2D eigenvalue weighted by Crippen LogP contribution is -2.30. The molecule has 2 nitrogen and oxygen atoms in total. The van der Waals surface area contributed by atoms with E-state index in [2.05, 4.69) is 18.9 Å². The fraction of sp³-hybridized carbons (Fsp3) is 0.538. The summed E-state index contributed by atoms with van der Waals surface area (Å²) in [5.41, 5.74) is 1.92. The minimum atomic E-state index is 0.0435. The summed E-state index contributed by atoms with van der Waals surface area (Å²) in [6.07, 6.45) is 2.66. The Kier molecular flexibility index (Phi) is 3.41. The molecule has 2 rings (SSSR count). The second-order valence-corrected chi connectivity index (χ2v) is 5.04. The average molecular weight is 240 g/mol. The van der Waals surface area contributed by atoms with Gasteiger partial charge in [0.05, 0.1) is 17.3 Å². The lowest BCUT2D eigenvalue weighted by Gasteiger charge is -2.28. The van der Waals surface area contributed by atoms with Gasteiger partial charge in [0.2, 0.25) is 0 Å². The smallest absolute Gasteiger partial charge is 0.0682 e. The number of benzene rings is 1. The van der Waals surface area contributed by atoms with Gasteiger partial charge in [0.1, 0.15) is 0 Å². The van der Waals surface area contributed by atoms with Crippen LogP contribution in [-0.4, -0.2) is 18.2 Å². The molecular weight excluding hydrogens is 222 g/mol. The Morgan fingerprint density at radius 2 is 2.19 bits per heavy atom. The summed E-state index contributed by atoms with van der Waals surface area (Å²) in [6, 6.07) is 6.30. The van der Waals surface area contributed by atoms with Gasteiger partial charge in [-0.05, 0) is 43.4 Å². The molecule has 0 spiro atoms. The molecule has 0 radical (unpaired) electrons. The molecule has 0 heterocycles. The van der Waals surface area contributed by atoms with Crippen LogP contribution in [0, 0.1) is 5.92 Å². The Balaban J connectivity index is 2.18. The van der Waals surface area contributed by atoms with Crippen LogP contribution >= 0.6 is 11.6 Å². The molecule has 1 aromatic carbocycles. The third-order valence-corrected chi connectivity index (χ3v) is 3.79. The van der Waals surface area contributed by atoms with Gasteiger partial charge in [0, 0.05) is 13.1 Å². The number of anilines is 1. The van der Waals surface area contributed by atoms with E-state index in [-0.39, 0.29) is 6.61 Å². The molecule has 1 N–H and O–H groups in total. The summed E-state index contributed by atoms with van der Waals surface area (Å²) >= 11 is 6.22. The molecule has 3 heteroatoms. The van der Waals surface area contributed by atoms with Gasteiger partial charge in [0.25, 0.3) is 0 Å². The number of aliphatic hydroxyl groups excluding tert-OH is 1. The highest BCUT2D eigenvalue weighted by Crippen LogP contribution is 2.38. The molecule has 1 aromatic rings. The zero-order chi connectivity index (χ0) is 11.7. The topological polar surface area (TPSA) is 23.5 Å². The van der Waals surface area contributed by atoms with Crippen LogP contribution in [0.5, 0.6) is 0 Å². The van der Waals surface area contributed by atoms with E-state index in [1.165, 1.54) is 12.8 Å².